The fourth-order valence-electron chi connectivity index (χ4n) is 8.72. The van der Waals surface area contributed by atoms with Crippen molar-refractivity contribution in [3.63, 3.8) is 0 Å². The maximum Gasteiger partial charge on any atom is 0.316 e. The molecule has 8 heteroatoms. The summed E-state index contributed by atoms with van der Waals surface area (Å²) in [6, 6.07) is -0.0715. The van der Waals surface area contributed by atoms with Crippen LogP contribution in [0.25, 0.3) is 0 Å². The molecule has 232 valence electrons. The lowest BCUT2D eigenvalue weighted by atomic mass is 9.44. The van der Waals surface area contributed by atoms with E-state index in [9.17, 15) is 24.6 Å². The summed E-state index contributed by atoms with van der Waals surface area (Å²) >= 11 is 1.41. The van der Waals surface area contributed by atoms with Crippen molar-refractivity contribution < 1.29 is 29.3 Å². The predicted molar refractivity (Wildman–Crippen MR) is 162 cm³/mol. The van der Waals surface area contributed by atoms with E-state index in [0.29, 0.717) is 25.7 Å². The number of esters is 1. The Morgan fingerprint density at radius 3 is 2.44 bits per heavy atom. The Morgan fingerprint density at radius 2 is 1.83 bits per heavy atom. The zero-order valence-corrected chi connectivity index (χ0v) is 27.0. The van der Waals surface area contributed by atoms with Crippen LogP contribution < -0.4 is 5.32 Å². The van der Waals surface area contributed by atoms with Gasteiger partial charge in [-0.1, -0.05) is 54.5 Å². The fraction of sp³-hybridized carbons (Fsp3) is 0.848. The van der Waals surface area contributed by atoms with Gasteiger partial charge in [-0.05, 0) is 62.2 Å². The highest BCUT2D eigenvalue weighted by molar-refractivity contribution is 8.00. The van der Waals surface area contributed by atoms with E-state index < -0.39 is 34.6 Å². The summed E-state index contributed by atoms with van der Waals surface area (Å²) in [5.74, 6) is -0.145. The van der Waals surface area contributed by atoms with Gasteiger partial charge >= 0.3 is 5.97 Å². The van der Waals surface area contributed by atoms with Crippen molar-refractivity contribution in [1.82, 2.24) is 5.32 Å². The molecule has 3 N–H and O–H groups in total. The van der Waals surface area contributed by atoms with Crippen molar-refractivity contribution in [3.05, 3.63) is 12.7 Å². The van der Waals surface area contributed by atoms with Crippen LogP contribution in [-0.2, 0) is 19.1 Å². The van der Waals surface area contributed by atoms with Crippen molar-refractivity contribution in [2.75, 3.05) is 5.75 Å². The van der Waals surface area contributed by atoms with Gasteiger partial charge in [-0.25, -0.2) is 0 Å². The summed E-state index contributed by atoms with van der Waals surface area (Å²) in [7, 11) is 0. The molecule has 7 nitrogen and oxygen atoms in total. The number of ether oxygens (including phenoxy) is 1. The van der Waals surface area contributed by atoms with Crippen LogP contribution >= 0.6 is 11.8 Å². The van der Waals surface area contributed by atoms with Crippen LogP contribution in [0, 0.1) is 39.4 Å². The summed E-state index contributed by atoms with van der Waals surface area (Å²) in [6.07, 6.45) is 5.43. The highest BCUT2D eigenvalue weighted by atomic mass is 32.2. The number of rotatable bonds is 6. The molecule has 4 rings (SSSR count). The number of thioether (sulfide) groups is 1. The number of Topliss-reactive ketones (excluding diaryl/α,β-unsaturated/α-hetero) is 1. The smallest absolute Gasteiger partial charge is 0.316 e. The first-order valence-corrected chi connectivity index (χ1v) is 16.7. The lowest BCUT2D eigenvalue weighted by Crippen LogP contribution is -2.63. The van der Waals surface area contributed by atoms with Crippen molar-refractivity contribution in [2.45, 2.75) is 129 Å². The molecule has 0 aromatic rings. The third kappa shape index (κ3) is 5.78. The third-order valence-electron chi connectivity index (χ3n) is 11.8. The Balaban J connectivity index is 1.48. The molecule has 0 spiro atoms. The molecule has 4 aliphatic carbocycles. The van der Waals surface area contributed by atoms with E-state index in [1.807, 2.05) is 33.8 Å². The van der Waals surface area contributed by atoms with E-state index in [1.165, 1.54) is 11.8 Å². The lowest BCUT2D eigenvalue weighted by molar-refractivity contribution is -0.205. The number of aliphatic hydroxyl groups is 2. The van der Waals surface area contributed by atoms with E-state index in [-0.39, 0.29) is 57.9 Å². The van der Waals surface area contributed by atoms with Crippen LogP contribution in [0.3, 0.4) is 0 Å². The monoisotopic (exact) mass is 591 g/mol. The predicted octanol–water partition coefficient (Wildman–Crippen LogP) is 5.07. The molecular weight excluding hydrogens is 538 g/mol. The summed E-state index contributed by atoms with van der Waals surface area (Å²) < 4.78 is 6.35. The summed E-state index contributed by atoms with van der Waals surface area (Å²) in [4.78, 5) is 39.4. The molecule has 0 aliphatic heterocycles. The topological polar surface area (TPSA) is 113 Å². The van der Waals surface area contributed by atoms with Crippen LogP contribution in [0.2, 0.25) is 0 Å². The van der Waals surface area contributed by atoms with E-state index in [2.05, 4.69) is 32.7 Å². The van der Waals surface area contributed by atoms with Crippen LogP contribution in [0.15, 0.2) is 12.7 Å². The molecule has 2 unspecified atom stereocenters. The maximum absolute atomic E-state index is 13.6. The number of carbonyl (C=O) groups is 3. The van der Waals surface area contributed by atoms with Gasteiger partial charge in [0.15, 0.2) is 0 Å². The Labute approximate surface area is 251 Å². The van der Waals surface area contributed by atoms with Crippen molar-refractivity contribution in [2.24, 2.45) is 39.4 Å². The van der Waals surface area contributed by atoms with E-state index >= 15 is 0 Å². The standard InChI is InChI=1S/C33H53NO6S/c1-9-31(7)17-25(32(8)19(2)12-14-33(20(3)28(31)38)15-13-22(35)27(32)33)40-26(37)18-41-24-11-10-21(16-23(24)36)34-29(39)30(4,5)6/h9,19-21,23-25,27-28,36,38H,1,10-18H2,2-8H3,(H,34,39)/t19?,20-,21+,23+,24+,25+,27-,28-,31+,32-,33?/m0/s1. The molecular formula is C33H53NO6S. The van der Waals surface area contributed by atoms with Gasteiger partial charge in [0.25, 0.3) is 0 Å². The van der Waals surface area contributed by atoms with Gasteiger partial charge < -0.3 is 20.3 Å². The molecule has 1 amide bonds. The average Bonchev–Trinajstić information content (AvgIpc) is 3.26. The van der Waals surface area contributed by atoms with Crippen molar-refractivity contribution in [1.29, 1.82) is 0 Å². The summed E-state index contributed by atoms with van der Waals surface area (Å²) in [5, 5.41) is 25.5. The first kappa shape index (κ1) is 32.5. The van der Waals surface area contributed by atoms with Crippen LogP contribution in [0.5, 0.6) is 0 Å². The second-order valence-corrected chi connectivity index (χ2v) is 16.4. The first-order valence-electron chi connectivity index (χ1n) is 15.6. The van der Waals surface area contributed by atoms with E-state index in [0.717, 1.165) is 25.7 Å². The highest BCUT2D eigenvalue weighted by Crippen LogP contribution is 2.68. The minimum Gasteiger partial charge on any atom is -0.461 e. The second-order valence-electron chi connectivity index (χ2n) is 15.2. The highest BCUT2D eigenvalue weighted by Gasteiger charge is 2.68. The van der Waals surface area contributed by atoms with Crippen LogP contribution in [0.4, 0.5) is 0 Å². The molecule has 4 saturated carbocycles. The van der Waals surface area contributed by atoms with E-state index in [4.69, 9.17) is 4.74 Å². The molecule has 4 fully saturated rings. The molecule has 41 heavy (non-hydrogen) atoms. The molecule has 0 saturated heterocycles. The van der Waals surface area contributed by atoms with Crippen molar-refractivity contribution >= 4 is 29.4 Å². The number of amides is 1. The van der Waals surface area contributed by atoms with Gasteiger partial charge in [-0.3, -0.25) is 14.4 Å². The zero-order valence-electron chi connectivity index (χ0n) is 26.2. The number of nitrogens with one attached hydrogen (secondary N) is 1. The SMILES string of the molecule is C=C[C@]1(C)C[C@@H](OC(=O)CS[C@@H]2CC[C@@H](NC(=O)C(C)(C)C)C[C@H]2O)[C@]2(C)C(C)CCC3(CCC(=O)[C@H]32)[C@@H](C)[C@@H]1O. The molecule has 0 aromatic heterocycles. The first-order chi connectivity index (χ1) is 19.0. The van der Waals surface area contributed by atoms with Gasteiger partial charge in [0.2, 0.25) is 5.91 Å². The minimum absolute atomic E-state index is 0.0233. The maximum atomic E-state index is 13.6. The summed E-state index contributed by atoms with van der Waals surface area (Å²) in [6.45, 7) is 18.1. The Kier molecular flexibility index (Phi) is 9.21. The number of ketones is 1. The largest absolute Gasteiger partial charge is 0.461 e. The normalized spacial score (nSPS) is 44.8. The molecule has 4 aliphatic rings. The zero-order chi connectivity index (χ0) is 30.5. The molecule has 0 heterocycles. The quantitative estimate of drug-likeness (QED) is 0.292. The lowest BCUT2D eigenvalue weighted by Gasteiger charge is -2.61. The van der Waals surface area contributed by atoms with Gasteiger partial charge in [-0.2, -0.15) is 0 Å². The van der Waals surface area contributed by atoms with Crippen LogP contribution in [0.1, 0.15) is 99.8 Å². The Hall–Kier alpha value is -1.38. The number of carbonyl (C=O) groups excluding carboxylic acids is 3. The number of hydrogen-bond acceptors (Lipinski definition) is 7. The molecule has 11 atom stereocenters. The van der Waals surface area contributed by atoms with Gasteiger partial charge in [0, 0.05) is 39.9 Å². The van der Waals surface area contributed by atoms with Gasteiger partial charge in [0.1, 0.15) is 11.9 Å². The number of hydrogen-bond donors (Lipinski definition) is 3. The fourth-order valence-corrected chi connectivity index (χ4v) is 9.77. The molecule has 2 bridgehead atoms. The second kappa shape index (κ2) is 11.6. The minimum atomic E-state index is -0.689. The van der Waals surface area contributed by atoms with Gasteiger partial charge in [-0.15, -0.1) is 18.3 Å². The van der Waals surface area contributed by atoms with Gasteiger partial charge in [0.05, 0.1) is 18.0 Å². The molecule has 0 aromatic carbocycles. The Morgan fingerprint density at radius 1 is 1.15 bits per heavy atom. The third-order valence-corrected chi connectivity index (χ3v) is 13.1. The van der Waals surface area contributed by atoms with Crippen LogP contribution in [-0.4, -0.2) is 63.2 Å². The van der Waals surface area contributed by atoms with E-state index in [1.54, 1.807) is 0 Å². The average molecular weight is 592 g/mol. The van der Waals surface area contributed by atoms with Crippen molar-refractivity contribution in [3.8, 4) is 0 Å². The number of aliphatic hydroxyl groups excluding tert-OH is 2. The Bertz CT molecular complexity index is 1040. The summed E-state index contributed by atoms with van der Waals surface area (Å²) in [5.41, 5.74) is -1.98. The molecule has 0 radical (unpaired) electrons.